The van der Waals surface area contributed by atoms with E-state index in [-0.39, 0.29) is 0 Å². The Bertz CT molecular complexity index is 391. The molecule has 0 amide bonds. The van der Waals surface area contributed by atoms with Gasteiger partial charge >= 0.3 is 0 Å². The molecule has 0 radical (unpaired) electrons. The zero-order valence-corrected chi connectivity index (χ0v) is 11.8. The molecule has 1 N–H and O–H groups in total. The third kappa shape index (κ3) is 4.98. The minimum absolute atomic E-state index is 0.431. The summed E-state index contributed by atoms with van der Waals surface area (Å²) in [5.41, 5.74) is 2.60. The fourth-order valence-corrected chi connectivity index (χ4v) is 1.51. The molecule has 1 rings (SSSR count). The van der Waals surface area contributed by atoms with Crippen LogP contribution in [0.15, 0.2) is 29.8 Å². The van der Waals surface area contributed by atoms with Crippen LogP contribution < -0.4 is 14.8 Å². The van der Waals surface area contributed by atoms with Crippen molar-refractivity contribution in [2.24, 2.45) is 0 Å². The molecular weight excluding hydrogens is 250 g/mol. The topological polar surface area (TPSA) is 30.5 Å². The summed E-state index contributed by atoms with van der Waals surface area (Å²) >= 11 is 5.46. The van der Waals surface area contributed by atoms with Gasteiger partial charge in [-0.15, -0.1) is 0 Å². The van der Waals surface area contributed by atoms with Crippen molar-refractivity contribution in [2.75, 3.05) is 13.7 Å². The molecule has 1 aromatic rings. The lowest BCUT2D eigenvalue weighted by molar-refractivity contribution is 0.326. The Morgan fingerprint density at radius 2 is 2.11 bits per heavy atom. The van der Waals surface area contributed by atoms with Crippen molar-refractivity contribution in [3.63, 3.8) is 0 Å². The zero-order valence-electron chi connectivity index (χ0n) is 11.1. The molecule has 18 heavy (non-hydrogen) atoms. The molecule has 0 saturated heterocycles. The van der Waals surface area contributed by atoms with Gasteiger partial charge in [0.15, 0.2) is 11.5 Å². The summed E-state index contributed by atoms with van der Waals surface area (Å²) in [6, 6.07) is 6.38. The standard InChI is InChI=1S/C14H20ClNO2/c1-11(2)16-10-12-5-6-13(17-3)14(9-12)18-8-4-7-15/h4-7,9,11,16H,8,10H2,1-3H3/b7-4+. The Kier molecular flexibility index (Phi) is 6.61. The van der Waals surface area contributed by atoms with Crippen LogP contribution in [0.3, 0.4) is 0 Å². The van der Waals surface area contributed by atoms with Gasteiger partial charge in [0.2, 0.25) is 0 Å². The minimum atomic E-state index is 0.431. The quantitative estimate of drug-likeness (QED) is 0.824. The second-order valence-electron chi connectivity index (χ2n) is 4.19. The van der Waals surface area contributed by atoms with Crippen molar-refractivity contribution < 1.29 is 9.47 Å². The number of hydrogen-bond donors (Lipinski definition) is 1. The van der Waals surface area contributed by atoms with Crippen LogP contribution in [-0.4, -0.2) is 19.8 Å². The Hall–Kier alpha value is -1.19. The highest BCUT2D eigenvalue weighted by Gasteiger charge is 2.05. The first kappa shape index (κ1) is 14.9. The number of rotatable bonds is 7. The van der Waals surface area contributed by atoms with Crippen molar-refractivity contribution in [3.8, 4) is 11.5 Å². The molecule has 0 aliphatic rings. The van der Waals surface area contributed by atoms with Crippen LogP contribution in [-0.2, 0) is 6.54 Å². The molecule has 0 aliphatic carbocycles. The summed E-state index contributed by atoms with van der Waals surface area (Å²) in [5.74, 6) is 1.46. The smallest absolute Gasteiger partial charge is 0.161 e. The third-order valence-electron chi connectivity index (χ3n) is 2.37. The number of halogens is 1. The summed E-state index contributed by atoms with van der Waals surface area (Å²) < 4.78 is 10.8. The molecule has 0 aliphatic heterocycles. The summed E-state index contributed by atoms with van der Waals surface area (Å²) in [4.78, 5) is 0. The molecule has 0 bridgehead atoms. The van der Waals surface area contributed by atoms with Gasteiger partial charge in [0.1, 0.15) is 6.61 Å². The highest BCUT2D eigenvalue weighted by molar-refractivity contribution is 6.25. The molecule has 0 spiro atoms. The Labute approximate surface area is 114 Å². The third-order valence-corrected chi connectivity index (χ3v) is 2.54. The molecule has 0 unspecified atom stereocenters. The molecule has 100 valence electrons. The van der Waals surface area contributed by atoms with Gasteiger partial charge in [-0.2, -0.15) is 0 Å². The van der Waals surface area contributed by atoms with E-state index in [4.69, 9.17) is 21.1 Å². The molecule has 0 atom stereocenters. The molecule has 0 saturated carbocycles. The maximum absolute atomic E-state index is 5.59. The SMILES string of the molecule is COc1ccc(CNC(C)C)cc1OC/C=C/Cl. The zero-order chi connectivity index (χ0) is 13.4. The normalized spacial score (nSPS) is 11.2. The molecular formula is C14H20ClNO2. The predicted molar refractivity (Wildman–Crippen MR) is 75.5 cm³/mol. The minimum Gasteiger partial charge on any atom is -0.493 e. The van der Waals surface area contributed by atoms with Gasteiger partial charge in [-0.3, -0.25) is 0 Å². The van der Waals surface area contributed by atoms with Crippen molar-refractivity contribution in [2.45, 2.75) is 26.4 Å². The molecule has 0 aromatic heterocycles. The highest BCUT2D eigenvalue weighted by Crippen LogP contribution is 2.28. The fraction of sp³-hybridized carbons (Fsp3) is 0.429. The Morgan fingerprint density at radius 1 is 1.33 bits per heavy atom. The molecule has 4 heteroatoms. The van der Waals surface area contributed by atoms with Crippen LogP contribution in [0.1, 0.15) is 19.4 Å². The van der Waals surface area contributed by atoms with Gasteiger partial charge in [0.25, 0.3) is 0 Å². The van der Waals surface area contributed by atoms with Crippen molar-refractivity contribution in [3.05, 3.63) is 35.4 Å². The lowest BCUT2D eigenvalue weighted by atomic mass is 10.2. The first-order valence-electron chi connectivity index (χ1n) is 5.95. The molecule has 1 aromatic carbocycles. The average molecular weight is 270 g/mol. The van der Waals surface area contributed by atoms with Gasteiger partial charge < -0.3 is 14.8 Å². The van der Waals surface area contributed by atoms with Crippen molar-refractivity contribution >= 4 is 11.6 Å². The van der Waals surface area contributed by atoms with E-state index >= 15 is 0 Å². The van der Waals surface area contributed by atoms with Gasteiger partial charge in [-0.1, -0.05) is 31.5 Å². The lowest BCUT2D eigenvalue weighted by Gasteiger charge is -2.12. The van der Waals surface area contributed by atoms with Crippen molar-refractivity contribution in [1.82, 2.24) is 5.32 Å². The fourth-order valence-electron chi connectivity index (χ4n) is 1.44. The second kappa shape index (κ2) is 8.01. The van der Waals surface area contributed by atoms with Crippen LogP contribution in [0, 0.1) is 0 Å². The summed E-state index contributed by atoms with van der Waals surface area (Å²) in [5, 5.41) is 3.36. The largest absolute Gasteiger partial charge is 0.493 e. The molecule has 0 fully saturated rings. The van der Waals surface area contributed by atoms with E-state index in [0.717, 1.165) is 23.6 Å². The van der Waals surface area contributed by atoms with E-state index in [1.54, 1.807) is 13.2 Å². The first-order chi connectivity index (χ1) is 8.67. The molecule has 0 heterocycles. The summed E-state index contributed by atoms with van der Waals surface area (Å²) in [6.45, 7) is 5.47. The maximum atomic E-state index is 5.59. The number of ether oxygens (including phenoxy) is 2. The first-order valence-corrected chi connectivity index (χ1v) is 6.39. The van der Waals surface area contributed by atoms with Crippen molar-refractivity contribution in [1.29, 1.82) is 0 Å². The maximum Gasteiger partial charge on any atom is 0.161 e. The van der Waals surface area contributed by atoms with E-state index in [2.05, 4.69) is 19.2 Å². The monoisotopic (exact) mass is 269 g/mol. The molecule has 3 nitrogen and oxygen atoms in total. The lowest BCUT2D eigenvalue weighted by Crippen LogP contribution is -2.21. The van der Waals surface area contributed by atoms with Crippen LogP contribution in [0.4, 0.5) is 0 Å². The highest BCUT2D eigenvalue weighted by atomic mass is 35.5. The number of methoxy groups -OCH3 is 1. The van der Waals surface area contributed by atoms with E-state index in [0.29, 0.717) is 12.6 Å². The predicted octanol–water partition coefficient (Wildman–Crippen LogP) is 3.32. The summed E-state index contributed by atoms with van der Waals surface area (Å²) in [7, 11) is 1.63. The van der Waals surface area contributed by atoms with Gasteiger partial charge in [-0.05, 0) is 23.8 Å². The van der Waals surface area contributed by atoms with Gasteiger partial charge in [0, 0.05) is 18.1 Å². The van der Waals surface area contributed by atoms with E-state index in [1.165, 1.54) is 5.54 Å². The van der Waals surface area contributed by atoms with Gasteiger partial charge in [-0.25, -0.2) is 0 Å². The van der Waals surface area contributed by atoms with Crippen LogP contribution >= 0.6 is 11.6 Å². The summed E-state index contributed by atoms with van der Waals surface area (Å²) in [6.07, 6.45) is 1.74. The van der Waals surface area contributed by atoms with E-state index in [1.807, 2.05) is 18.2 Å². The Balaban J connectivity index is 2.74. The number of nitrogens with one attached hydrogen (secondary N) is 1. The average Bonchev–Trinajstić information content (AvgIpc) is 2.37. The van der Waals surface area contributed by atoms with E-state index in [9.17, 15) is 0 Å². The number of benzene rings is 1. The van der Waals surface area contributed by atoms with Crippen LogP contribution in [0.2, 0.25) is 0 Å². The number of hydrogen-bond acceptors (Lipinski definition) is 3. The second-order valence-corrected chi connectivity index (χ2v) is 4.45. The van der Waals surface area contributed by atoms with E-state index < -0.39 is 0 Å². The van der Waals surface area contributed by atoms with Gasteiger partial charge in [0.05, 0.1) is 7.11 Å². The van der Waals surface area contributed by atoms with Crippen LogP contribution in [0.25, 0.3) is 0 Å². The van der Waals surface area contributed by atoms with Crippen LogP contribution in [0.5, 0.6) is 11.5 Å². The Morgan fingerprint density at radius 3 is 2.72 bits per heavy atom.